The van der Waals surface area contributed by atoms with Gasteiger partial charge in [-0.1, -0.05) is 6.07 Å². The number of ether oxygens (including phenoxy) is 2. The number of nitrogens with zero attached hydrogens (tertiary/aromatic N) is 2. The predicted octanol–water partition coefficient (Wildman–Crippen LogP) is 3.00. The van der Waals surface area contributed by atoms with Crippen LogP contribution in [0.2, 0.25) is 0 Å². The number of aliphatic imine (C=N–C) groups is 1. The van der Waals surface area contributed by atoms with E-state index in [-0.39, 0.29) is 6.04 Å². The summed E-state index contributed by atoms with van der Waals surface area (Å²) in [6.07, 6.45) is 4.52. The highest BCUT2D eigenvalue weighted by molar-refractivity contribution is 7.98. The molecule has 0 heterocycles. The third kappa shape index (κ3) is 8.30. The van der Waals surface area contributed by atoms with Gasteiger partial charge in [0.15, 0.2) is 17.5 Å². The van der Waals surface area contributed by atoms with Gasteiger partial charge in [-0.15, -0.1) is 0 Å². The van der Waals surface area contributed by atoms with Crippen LogP contribution >= 0.6 is 11.8 Å². The second kappa shape index (κ2) is 13.6. The molecule has 1 aromatic rings. The van der Waals surface area contributed by atoms with Gasteiger partial charge < -0.3 is 25.0 Å². The van der Waals surface area contributed by atoms with E-state index in [4.69, 9.17) is 14.5 Å². The molecule has 154 valence electrons. The molecular formula is C20H36N4O2S. The van der Waals surface area contributed by atoms with E-state index in [0.717, 1.165) is 42.5 Å². The minimum absolute atomic E-state index is 0.150. The van der Waals surface area contributed by atoms with E-state index in [2.05, 4.69) is 48.9 Å². The molecule has 0 saturated heterocycles. The van der Waals surface area contributed by atoms with Gasteiger partial charge in [0, 0.05) is 13.1 Å². The molecule has 0 amide bonds. The first kappa shape index (κ1) is 23.4. The Morgan fingerprint density at radius 2 is 1.89 bits per heavy atom. The zero-order valence-electron chi connectivity index (χ0n) is 17.7. The summed E-state index contributed by atoms with van der Waals surface area (Å²) in [6, 6.07) is 6.20. The number of guanidine groups is 1. The highest BCUT2D eigenvalue weighted by Gasteiger charge is 2.16. The number of unbranched alkanes of at least 4 members (excludes halogenated alkanes) is 1. The number of benzene rings is 1. The van der Waals surface area contributed by atoms with Crippen molar-refractivity contribution in [2.45, 2.75) is 25.8 Å². The monoisotopic (exact) mass is 396 g/mol. The van der Waals surface area contributed by atoms with E-state index in [0.29, 0.717) is 6.54 Å². The van der Waals surface area contributed by atoms with Crippen LogP contribution in [0.15, 0.2) is 23.2 Å². The topological polar surface area (TPSA) is 58.1 Å². The lowest BCUT2D eigenvalue weighted by Gasteiger charge is -2.24. The molecule has 0 fully saturated rings. The molecule has 0 aromatic heterocycles. The van der Waals surface area contributed by atoms with Gasteiger partial charge in [0.1, 0.15) is 0 Å². The fourth-order valence-electron chi connectivity index (χ4n) is 2.72. The number of likely N-dealkylation sites (N-methyl/N-ethyl adjacent to an activating group) is 1. The van der Waals surface area contributed by atoms with Crippen LogP contribution in [-0.2, 0) is 0 Å². The van der Waals surface area contributed by atoms with Crippen molar-refractivity contribution in [3.8, 4) is 11.5 Å². The van der Waals surface area contributed by atoms with Gasteiger partial charge in [-0.25, -0.2) is 0 Å². The molecule has 6 nitrogen and oxygen atoms in total. The van der Waals surface area contributed by atoms with Crippen LogP contribution in [0.4, 0.5) is 0 Å². The molecule has 0 aliphatic carbocycles. The number of rotatable bonds is 12. The number of nitrogens with one attached hydrogen (secondary N) is 2. The van der Waals surface area contributed by atoms with Crippen LogP contribution in [0.25, 0.3) is 0 Å². The second-order valence-electron chi connectivity index (χ2n) is 6.44. The molecule has 0 aliphatic rings. The van der Waals surface area contributed by atoms with Gasteiger partial charge in [0.05, 0.1) is 26.8 Å². The van der Waals surface area contributed by atoms with Crippen molar-refractivity contribution >= 4 is 17.7 Å². The van der Waals surface area contributed by atoms with E-state index in [1.807, 2.05) is 23.9 Å². The number of methoxy groups -OCH3 is 2. The van der Waals surface area contributed by atoms with E-state index in [1.54, 1.807) is 14.2 Å². The summed E-state index contributed by atoms with van der Waals surface area (Å²) in [5.74, 6) is 3.55. The minimum atomic E-state index is 0.150. The first-order chi connectivity index (χ1) is 13.1. The molecule has 1 unspecified atom stereocenters. The van der Waals surface area contributed by atoms with Gasteiger partial charge >= 0.3 is 0 Å². The van der Waals surface area contributed by atoms with Gasteiger partial charge in [0.25, 0.3) is 0 Å². The van der Waals surface area contributed by atoms with Gasteiger partial charge in [-0.3, -0.25) is 4.99 Å². The van der Waals surface area contributed by atoms with E-state index >= 15 is 0 Å². The summed E-state index contributed by atoms with van der Waals surface area (Å²) in [7, 11) is 7.45. The highest BCUT2D eigenvalue weighted by Crippen LogP contribution is 2.31. The summed E-state index contributed by atoms with van der Waals surface area (Å²) in [5.41, 5.74) is 1.15. The standard InChI is InChI=1S/C20H36N4O2S/c1-7-21-20(22-12-8-9-13-27-6)23-15-17(24(2)3)16-10-11-18(25-4)19(14-16)26-5/h10-11,14,17H,7-9,12-13,15H2,1-6H3,(H2,21,22,23). The van der Waals surface area contributed by atoms with Gasteiger partial charge in [-0.2, -0.15) is 11.8 Å². The molecule has 1 rings (SSSR count). The van der Waals surface area contributed by atoms with Crippen molar-refractivity contribution in [1.82, 2.24) is 15.5 Å². The second-order valence-corrected chi connectivity index (χ2v) is 7.43. The molecule has 0 spiro atoms. The average molecular weight is 397 g/mol. The smallest absolute Gasteiger partial charge is 0.191 e. The maximum Gasteiger partial charge on any atom is 0.191 e. The first-order valence-electron chi connectivity index (χ1n) is 9.46. The fraction of sp³-hybridized carbons (Fsp3) is 0.650. The molecule has 0 bridgehead atoms. The Hall–Kier alpha value is -1.60. The largest absolute Gasteiger partial charge is 0.493 e. The first-order valence-corrected chi connectivity index (χ1v) is 10.9. The maximum atomic E-state index is 5.45. The summed E-state index contributed by atoms with van der Waals surface area (Å²) < 4.78 is 10.8. The molecule has 27 heavy (non-hydrogen) atoms. The van der Waals surface area contributed by atoms with Crippen LogP contribution in [0.3, 0.4) is 0 Å². The van der Waals surface area contributed by atoms with Crippen molar-refractivity contribution in [2.75, 3.05) is 60.0 Å². The summed E-state index contributed by atoms with van der Waals surface area (Å²) >= 11 is 1.89. The molecule has 0 radical (unpaired) electrons. The lowest BCUT2D eigenvalue weighted by atomic mass is 10.1. The molecule has 1 atom stereocenters. The Morgan fingerprint density at radius 3 is 2.48 bits per heavy atom. The van der Waals surface area contributed by atoms with Crippen molar-refractivity contribution < 1.29 is 9.47 Å². The van der Waals surface area contributed by atoms with E-state index < -0.39 is 0 Å². The molecule has 7 heteroatoms. The van der Waals surface area contributed by atoms with Crippen molar-refractivity contribution in [2.24, 2.45) is 4.99 Å². The fourth-order valence-corrected chi connectivity index (χ4v) is 3.22. The molecule has 2 N–H and O–H groups in total. The highest BCUT2D eigenvalue weighted by atomic mass is 32.2. The van der Waals surface area contributed by atoms with E-state index in [1.165, 1.54) is 12.2 Å². The number of hydrogen-bond donors (Lipinski definition) is 2. The van der Waals surface area contributed by atoms with Crippen LogP contribution in [-0.4, -0.2) is 70.8 Å². The zero-order chi connectivity index (χ0) is 20.1. The van der Waals surface area contributed by atoms with Crippen LogP contribution < -0.4 is 20.1 Å². The van der Waals surface area contributed by atoms with E-state index in [9.17, 15) is 0 Å². The quantitative estimate of drug-likeness (QED) is 0.322. The number of thioether (sulfide) groups is 1. The normalized spacial score (nSPS) is 12.8. The summed E-state index contributed by atoms with van der Waals surface area (Å²) in [6.45, 7) is 4.53. The number of hydrogen-bond acceptors (Lipinski definition) is 5. The van der Waals surface area contributed by atoms with Crippen LogP contribution in [0.1, 0.15) is 31.4 Å². The van der Waals surface area contributed by atoms with Crippen molar-refractivity contribution in [3.05, 3.63) is 23.8 Å². The SMILES string of the molecule is CCNC(=NCC(c1ccc(OC)c(OC)c1)N(C)C)NCCCCSC. The Kier molecular flexibility index (Phi) is 11.8. The third-order valence-corrected chi connectivity index (χ3v) is 4.95. The van der Waals surface area contributed by atoms with Gasteiger partial charge in [-0.05, 0) is 63.6 Å². The lowest BCUT2D eigenvalue weighted by Crippen LogP contribution is -2.38. The van der Waals surface area contributed by atoms with Crippen molar-refractivity contribution in [3.63, 3.8) is 0 Å². The maximum absolute atomic E-state index is 5.45. The Bertz CT molecular complexity index is 567. The summed E-state index contributed by atoms with van der Waals surface area (Å²) in [4.78, 5) is 6.98. The summed E-state index contributed by atoms with van der Waals surface area (Å²) in [5, 5.41) is 6.76. The predicted molar refractivity (Wildman–Crippen MR) is 118 cm³/mol. The minimum Gasteiger partial charge on any atom is -0.493 e. The molecule has 0 aliphatic heterocycles. The molecule has 1 aromatic carbocycles. The lowest BCUT2D eigenvalue weighted by molar-refractivity contribution is 0.303. The van der Waals surface area contributed by atoms with Crippen LogP contribution in [0.5, 0.6) is 11.5 Å². The average Bonchev–Trinajstić information content (AvgIpc) is 2.67. The van der Waals surface area contributed by atoms with Gasteiger partial charge in [0.2, 0.25) is 0 Å². The Labute approximate surface area is 169 Å². The molecular weight excluding hydrogens is 360 g/mol. The zero-order valence-corrected chi connectivity index (χ0v) is 18.5. The molecule has 0 saturated carbocycles. The van der Waals surface area contributed by atoms with Crippen LogP contribution in [0, 0.1) is 0 Å². The Balaban J connectivity index is 2.82. The Morgan fingerprint density at radius 1 is 1.15 bits per heavy atom. The third-order valence-electron chi connectivity index (χ3n) is 4.25. The van der Waals surface area contributed by atoms with Crippen molar-refractivity contribution in [1.29, 1.82) is 0 Å².